The van der Waals surface area contributed by atoms with Crippen LogP contribution in [-0.4, -0.2) is 33.3 Å². The Labute approximate surface area is 164 Å². The van der Waals surface area contributed by atoms with E-state index >= 15 is 0 Å². The lowest BCUT2D eigenvalue weighted by atomic mass is 10.1. The maximum Gasteiger partial charge on any atom is 0.143 e. The van der Waals surface area contributed by atoms with E-state index in [0.29, 0.717) is 6.04 Å². The fourth-order valence-corrected chi connectivity index (χ4v) is 4.45. The first-order valence-electron chi connectivity index (χ1n) is 10.1. The minimum Gasteiger partial charge on any atom is -0.490 e. The molecule has 3 heterocycles. The SMILES string of the molecule is Cc1ncnc2c1ccn2C1CC[C@@H](Oc2cccc3c2CNCC(C)O3)C1. The lowest BCUT2D eigenvalue weighted by molar-refractivity contribution is 0.199. The molecule has 3 atom stereocenters. The number of rotatable bonds is 3. The van der Waals surface area contributed by atoms with E-state index in [9.17, 15) is 0 Å². The van der Waals surface area contributed by atoms with E-state index in [-0.39, 0.29) is 12.2 Å². The molecule has 6 heteroatoms. The van der Waals surface area contributed by atoms with Crippen LogP contribution in [0.1, 0.15) is 43.5 Å². The van der Waals surface area contributed by atoms with Gasteiger partial charge in [-0.25, -0.2) is 9.97 Å². The molecule has 1 N–H and O–H groups in total. The van der Waals surface area contributed by atoms with Crippen molar-refractivity contribution in [3.63, 3.8) is 0 Å². The number of nitrogens with zero attached hydrogens (tertiary/aromatic N) is 3. The topological polar surface area (TPSA) is 61.2 Å². The summed E-state index contributed by atoms with van der Waals surface area (Å²) in [5.74, 6) is 1.88. The second-order valence-electron chi connectivity index (χ2n) is 7.92. The number of aryl methyl sites for hydroxylation is 1. The van der Waals surface area contributed by atoms with Crippen LogP contribution >= 0.6 is 0 Å². The van der Waals surface area contributed by atoms with Crippen molar-refractivity contribution in [3.8, 4) is 11.5 Å². The molecule has 5 rings (SSSR count). The van der Waals surface area contributed by atoms with Crippen molar-refractivity contribution < 1.29 is 9.47 Å². The van der Waals surface area contributed by atoms with E-state index in [4.69, 9.17) is 9.47 Å². The Morgan fingerprint density at radius 2 is 2.14 bits per heavy atom. The molecule has 1 saturated carbocycles. The summed E-state index contributed by atoms with van der Waals surface area (Å²) in [4.78, 5) is 8.82. The Morgan fingerprint density at radius 1 is 1.21 bits per heavy atom. The maximum absolute atomic E-state index is 6.46. The zero-order chi connectivity index (χ0) is 19.1. The Bertz CT molecular complexity index is 999. The van der Waals surface area contributed by atoms with Gasteiger partial charge in [-0.15, -0.1) is 0 Å². The molecule has 1 aliphatic carbocycles. The van der Waals surface area contributed by atoms with Crippen molar-refractivity contribution in [2.45, 2.75) is 57.9 Å². The summed E-state index contributed by atoms with van der Waals surface area (Å²) in [6.45, 7) is 5.75. The quantitative estimate of drug-likeness (QED) is 0.751. The summed E-state index contributed by atoms with van der Waals surface area (Å²) in [5.41, 5.74) is 3.19. The molecule has 0 saturated heterocycles. The van der Waals surface area contributed by atoms with Crippen LogP contribution in [0.4, 0.5) is 0 Å². The van der Waals surface area contributed by atoms with Crippen molar-refractivity contribution in [3.05, 3.63) is 48.0 Å². The molecule has 1 fully saturated rings. The Kier molecular flexibility index (Phi) is 4.43. The van der Waals surface area contributed by atoms with Gasteiger partial charge >= 0.3 is 0 Å². The standard InChI is InChI=1S/C22H26N4O2/c1-14-11-23-12-19-20(27-14)4-3-5-21(19)28-17-7-6-16(10-17)26-9-8-18-15(2)24-13-25-22(18)26/h3-5,8-9,13-14,16-17,23H,6-7,10-12H2,1-2H3/t14?,16?,17-/m1/s1. The second kappa shape index (κ2) is 7.09. The van der Waals surface area contributed by atoms with Gasteiger partial charge in [-0.3, -0.25) is 0 Å². The highest BCUT2D eigenvalue weighted by Gasteiger charge is 2.29. The number of hydrogen-bond donors (Lipinski definition) is 1. The van der Waals surface area contributed by atoms with Crippen LogP contribution in [0.15, 0.2) is 36.8 Å². The third kappa shape index (κ3) is 3.11. The highest BCUT2D eigenvalue weighted by molar-refractivity contribution is 5.78. The largest absolute Gasteiger partial charge is 0.490 e. The molecule has 2 unspecified atom stereocenters. The molecule has 0 spiro atoms. The highest BCUT2D eigenvalue weighted by Crippen LogP contribution is 2.37. The van der Waals surface area contributed by atoms with Gasteiger partial charge in [-0.1, -0.05) is 6.07 Å². The Balaban J connectivity index is 1.35. The van der Waals surface area contributed by atoms with Crippen LogP contribution < -0.4 is 14.8 Å². The third-order valence-electron chi connectivity index (χ3n) is 5.90. The van der Waals surface area contributed by atoms with Gasteiger partial charge in [0.05, 0.1) is 5.69 Å². The number of nitrogens with one attached hydrogen (secondary N) is 1. The van der Waals surface area contributed by atoms with Gasteiger partial charge in [0.2, 0.25) is 0 Å². The Hall–Kier alpha value is -2.60. The summed E-state index contributed by atoms with van der Waals surface area (Å²) in [5, 5.41) is 4.59. The van der Waals surface area contributed by atoms with Crippen molar-refractivity contribution in [1.82, 2.24) is 19.9 Å². The number of benzene rings is 1. The van der Waals surface area contributed by atoms with Gasteiger partial charge in [0.15, 0.2) is 0 Å². The van der Waals surface area contributed by atoms with Crippen LogP contribution in [0.25, 0.3) is 11.0 Å². The minimum atomic E-state index is 0.167. The summed E-state index contributed by atoms with van der Waals surface area (Å²) < 4.78 is 14.8. The third-order valence-corrected chi connectivity index (χ3v) is 5.90. The maximum atomic E-state index is 6.46. The van der Waals surface area contributed by atoms with Gasteiger partial charge in [0, 0.05) is 42.7 Å². The van der Waals surface area contributed by atoms with Crippen molar-refractivity contribution in [2.24, 2.45) is 0 Å². The molecule has 2 aliphatic rings. The molecule has 1 aromatic carbocycles. The molecule has 2 aromatic heterocycles. The lowest BCUT2D eigenvalue weighted by Crippen LogP contribution is -2.25. The van der Waals surface area contributed by atoms with Gasteiger partial charge in [-0.2, -0.15) is 0 Å². The molecule has 3 aromatic rings. The molecular weight excluding hydrogens is 352 g/mol. The highest BCUT2D eigenvalue weighted by atomic mass is 16.5. The zero-order valence-corrected chi connectivity index (χ0v) is 16.4. The number of fused-ring (bicyclic) bond motifs is 2. The van der Waals surface area contributed by atoms with Crippen LogP contribution in [0, 0.1) is 6.92 Å². The van der Waals surface area contributed by atoms with E-state index in [2.05, 4.69) is 45.1 Å². The van der Waals surface area contributed by atoms with Crippen molar-refractivity contribution >= 4 is 11.0 Å². The van der Waals surface area contributed by atoms with Crippen LogP contribution in [0.2, 0.25) is 0 Å². The smallest absolute Gasteiger partial charge is 0.143 e. The number of aromatic nitrogens is 3. The normalized spacial score (nSPS) is 24.6. The Morgan fingerprint density at radius 3 is 3.07 bits per heavy atom. The molecule has 6 nitrogen and oxygen atoms in total. The van der Waals surface area contributed by atoms with Gasteiger partial charge in [0.1, 0.15) is 35.7 Å². The number of hydrogen-bond acceptors (Lipinski definition) is 5. The first-order chi connectivity index (χ1) is 13.7. The molecule has 0 bridgehead atoms. The monoisotopic (exact) mass is 378 g/mol. The lowest BCUT2D eigenvalue weighted by Gasteiger charge is -2.19. The fourth-order valence-electron chi connectivity index (χ4n) is 4.45. The first-order valence-corrected chi connectivity index (χ1v) is 10.1. The van der Waals surface area contributed by atoms with Gasteiger partial charge < -0.3 is 19.4 Å². The van der Waals surface area contributed by atoms with Crippen molar-refractivity contribution in [2.75, 3.05) is 6.54 Å². The summed E-state index contributed by atoms with van der Waals surface area (Å²) in [6, 6.07) is 8.66. The summed E-state index contributed by atoms with van der Waals surface area (Å²) >= 11 is 0. The average Bonchev–Trinajstić information content (AvgIpc) is 3.26. The molecule has 0 radical (unpaired) electrons. The molecule has 146 valence electrons. The molecule has 1 aliphatic heterocycles. The van der Waals surface area contributed by atoms with Crippen LogP contribution in [0.5, 0.6) is 11.5 Å². The van der Waals surface area contributed by atoms with Crippen molar-refractivity contribution in [1.29, 1.82) is 0 Å². The predicted octanol–water partition coefficient (Wildman–Crippen LogP) is 3.78. The average molecular weight is 378 g/mol. The molecular formula is C22H26N4O2. The van der Waals surface area contributed by atoms with E-state index in [1.807, 2.05) is 19.1 Å². The second-order valence-corrected chi connectivity index (χ2v) is 7.92. The fraction of sp³-hybridized carbons (Fsp3) is 0.455. The van der Waals surface area contributed by atoms with E-state index in [1.54, 1.807) is 6.33 Å². The summed E-state index contributed by atoms with van der Waals surface area (Å²) in [7, 11) is 0. The predicted molar refractivity (Wildman–Crippen MR) is 108 cm³/mol. The minimum absolute atomic E-state index is 0.167. The van der Waals surface area contributed by atoms with Gasteiger partial charge in [0.25, 0.3) is 0 Å². The van der Waals surface area contributed by atoms with E-state index < -0.39 is 0 Å². The van der Waals surface area contributed by atoms with E-state index in [0.717, 1.165) is 66.1 Å². The van der Waals surface area contributed by atoms with Crippen LogP contribution in [-0.2, 0) is 6.54 Å². The molecule has 0 amide bonds. The summed E-state index contributed by atoms with van der Waals surface area (Å²) in [6.07, 6.45) is 7.30. The van der Waals surface area contributed by atoms with E-state index in [1.165, 1.54) is 0 Å². The first kappa shape index (κ1) is 17.5. The number of ether oxygens (including phenoxy) is 2. The van der Waals surface area contributed by atoms with Gasteiger partial charge in [-0.05, 0) is 44.9 Å². The zero-order valence-electron chi connectivity index (χ0n) is 16.4. The van der Waals surface area contributed by atoms with Crippen LogP contribution in [0.3, 0.4) is 0 Å². The molecule has 28 heavy (non-hydrogen) atoms.